The number of ketones is 1. The number of phenolic OH excluding ortho intramolecular Hbond substituents is 1. The van der Waals surface area contributed by atoms with E-state index >= 15 is 0 Å². The van der Waals surface area contributed by atoms with Crippen molar-refractivity contribution in [2.75, 3.05) is 12.5 Å². The number of halogens is 1. The maximum absolute atomic E-state index is 12.8. The number of carbonyl (C=O) groups excluding carboxylic acids is 1. The largest absolute Gasteiger partial charge is 1.00 e. The van der Waals surface area contributed by atoms with Gasteiger partial charge in [0.15, 0.2) is 5.71 Å². The Bertz CT molecular complexity index is 1390. The second kappa shape index (κ2) is 9.20. The molecule has 11 nitrogen and oxygen atoms in total. The number of methoxy groups -OCH3 is 1. The number of Topliss-reactive ketones (excluding diaryl/α,β-unsaturated/α-hetero) is 1. The minimum absolute atomic E-state index is 0. The molecule has 4 N–H and O–H groups in total. The summed E-state index contributed by atoms with van der Waals surface area (Å²) < 4.78 is 70.0. The summed E-state index contributed by atoms with van der Waals surface area (Å²) in [5.74, 6) is -1.22. The second-order valence-corrected chi connectivity index (χ2v) is 9.33. The van der Waals surface area contributed by atoms with Gasteiger partial charge < -0.3 is 9.84 Å². The van der Waals surface area contributed by atoms with Crippen molar-refractivity contribution in [2.45, 2.75) is 4.90 Å². The Labute approximate surface area is 199 Å². The molecule has 0 unspecified atom stereocenters. The third kappa shape index (κ3) is 5.13. The van der Waals surface area contributed by atoms with Gasteiger partial charge in [-0.1, -0.05) is 11.6 Å². The Morgan fingerprint density at radius 3 is 2.31 bits per heavy atom. The SMILES string of the molecule is COc1cc(NN=C2C(=O)c3ccc(S(=O)(=O)O)cc3C=C2S(=O)(=O)O)c(O)cc1Cl.[Cr].[H+]. The molecular formula is C17H14ClCrN2O9S2+. The van der Waals surface area contributed by atoms with Crippen molar-refractivity contribution in [3.8, 4) is 11.5 Å². The molecule has 0 atom stereocenters. The van der Waals surface area contributed by atoms with E-state index in [-0.39, 0.29) is 46.4 Å². The number of hydrogen-bond acceptors (Lipinski definition) is 9. The normalized spacial score (nSPS) is 14.9. The summed E-state index contributed by atoms with van der Waals surface area (Å²) in [4.78, 5) is 11.3. The van der Waals surface area contributed by atoms with Gasteiger partial charge in [0.2, 0.25) is 5.78 Å². The van der Waals surface area contributed by atoms with Crippen LogP contribution in [0.2, 0.25) is 5.02 Å². The number of phenols is 1. The number of nitrogens with one attached hydrogen (secondary N) is 1. The number of fused-ring (bicyclic) bond motifs is 1. The maximum atomic E-state index is 12.8. The molecule has 0 saturated carbocycles. The first-order valence-corrected chi connectivity index (χ1v) is 11.3. The van der Waals surface area contributed by atoms with Crippen LogP contribution >= 0.6 is 11.6 Å². The summed E-state index contributed by atoms with van der Waals surface area (Å²) in [5.41, 5.74) is 1.16. The third-order valence-electron chi connectivity index (χ3n) is 4.14. The number of allylic oxidation sites excluding steroid dienone is 1. The van der Waals surface area contributed by atoms with Gasteiger partial charge in [0, 0.05) is 35.1 Å². The van der Waals surface area contributed by atoms with Crippen LogP contribution in [0.25, 0.3) is 6.08 Å². The van der Waals surface area contributed by atoms with Crippen LogP contribution in [0.4, 0.5) is 5.69 Å². The number of hydrogen-bond donors (Lipinski definition) is 4. The molecule has 32 heavy (non-hydrogen) atoms. The standard InChI is InChI=1S/C17H13ClN2O9S2.Cr/c1-29-14-7-12(13(21)6-11(14)18)19-20-16-15(31(26,27)28)5-8-4-9(30(23,24)25)2-3-10(8)17(16)22;/h2-7,19,21H,1H3,(H,23,24,25)(H,26,27,28);/p+1. The molecule has 0 aliphatic heterocycles. The predicted molar refractivity (Wildman–Crippen MR) is 112 cm³/mol. The monoisotopic (exact) mass is 541 g/mol. The molecule has 0 aromatic heterocycles. The van der Waals surface area contributed by atoms with E-state index in [0.29, 0.717) is 0 Å². The molecule has 0 heterocycles. The first kappa shape index (κ1) is 25.8. The Morgan fingerprint density at radius 2 is 1.75 bits per heavy atom. The summed E-state index contributed by atoms with van der Waals surface area (Å²) in [6.45, 7) is 0. The molecule has 170 valence electrons. The zero-order chi connectivity index (χ0) is 23.1. The van der Waals surface area contributed by atoms with E-state index in [2.05, 4.69) is 10.5 Å². The Morgan fingerprint density at radius 1 is 1.09 bits per heavy atom. The molecule has 0 spiro atoms. The number of aromatic hydroxyl groups is 1. The van der Waals surface area contributed by atoms with Crippen LogP contribution in [0.15, 0.2) is 45.2 Å². The van der Waals surface area contributed by atoms with Crippen molar-refractivity contribution in [1.29, 1.82) is 0 Å². The summed E-state index contributed by atoms with van der Waals surface area (Å²) in [5, 5.41) is 13.8. The van der Waals surface area contributed by atoms with Gasteiger partial charge in [-0.2, -0.15) is 21.9 Å². The van der Waals surface area contributed by atoms with Gasteiger partial charge >= 0.3 is 1.43 Å². The van der Waals surface area contributed by atoms with Crippen molar-refractivity contribution < 1.29 is 59.4 Å². The fraction of sp³-hybridized carbons (Fsp3) is 0.0588. The number of hydrazone groups is 1. The summed E-state index contributed by atoms with van der Waals surface area (Å²) in [6, 6.07) is 5.22. The number of carbonyl (C=O) groups is 1. The van der Waals surface area contributed by atoms with E-state index < -0.39 is 47.3 Å². The van der Waals surface area contributed by atoms with Gasteiger partial charge in [-0.25, -0.2) is 0 Å². The second-order valence-electron chi connectivity index (χ2n) is 6.11. The van der Waals surface area contributed by atoms with Crippen LogP contribution in [-0.4, -0.2) is 49.7 Å². The molecule has 0 amide bonds. The Hall–Kier alpha value is -2.44. The Kier molecular flexibility index (Phi) is 7.42. The summed E-state index contributed by atoms with van der Waals surface area (Å²) >= 11 is 5.87. The minimum atomic E-state index is -4.98. The number of anilines is 1. The van der Waals surface area contributed by atoms with Crippen molar-refractivity contribution in [2.24, 2.45) is 5.10 Å². The van der Waals surface area contributed by atoms with Crippen LogP contribution in [0.5, 0.6) is 11.5 Å². The van der Waals surface area contributed by atoms with Gasteiger partial charge in [0.05, 0.1) is 17.0 Å². The van der Waals surface area contributed by atoms with Crippen LogP contribution < -0.4 is 10.2 Å². The van der Waals surface area contributed by atoms with E-state index in [4.69, 9.17) is 20.9 Å². The number of rotatable bonds is 5. The zero-order valence-corrected chi connectivity index (χ0v) is 19.5. The molecule has 0 radical (unpaired) electrons. The molecule has 1 aliphatic rings. The quantitative estimate of drug-likeness (QED) is 0.249. The maximum Gasteiger partial charge on any atom is 1.00 e. The smallest absolute Gasteiger partial charge is 0.506 e. The number of ether oxygens (including phenoxy) is 1. The number of benzene rings is 2. The summed E-state index contributed by atoms with van der Waals surface area (Å²) in [6.07, 6.45) is 0.823. The first-order chi connectivity index (χ1) is 14.3. The van der Waals surface area contributed by atoms with Crippen LogP contribution in [0, 0.1) is 0 Å². The van der Waals surface area contributed by atoms with Crippen molar-refractivity contribution in [3.05, 3.63) is 51.4 Å². The average molecular weight is 542 g/mol. The minimum Gasteiger partial charge on any atom is -0.506 e. The van der Waals surface area contributed by atoms with Crippen LogP contribution in [0.3, 0.4) is 0 Å². The first-order valence-electron chi connectivity index (χ1n) is 8.09. The van der Waals surface area contributed by atoms with E-state index in [1.165, 1.54) is 13.2 Å². The Balaban J connectivity index is 0.00000272. The van der Waals surface area contributed by atoms with Gasteiger partial charge in [0.1, 0.15) is 22.1 Å². The fourth-order valence-corrected chi connectivity index (χ4v) is 4.09. The molecule has 0 fully saturated rings. The van der Waals surface area contributed by atoms with E-state index in [1.54, 1.807) is 0 Å². The molecule has 3 rings (SSSR count). The molecule has 15 heteroatoms. The molecule has 1 aliphatic carbocycles. The van der Waals surface area contributed by atoms with E-state index in [9.17, 15) is 31.3 Å². The van der Waals surface area contributed by atoms with Gasteiger partial charge in [-0.15, -0.1) is 0 Å². The summed E-state index contributed by atoms with van der Waals surface area (Å²) in [7, 11) is -8.30. The van der Waals surface area contributed by atoms with E-state index in [1.807, 2.05) is 0 Å². The van der Waals surface area contributed by atoms with Crippen molar-refractivity contribution in [3.63, 3.8) is 0 Å². The van der Waals surface area contributed by atoms with Gasteiger partial charge in [0.25, 0.3) is 20.2 Å². The van der Waals surface area contributed by atoms with Crippen LogP contribution in [0.1, 0.15) is 17.3 Å². The van der Waals surface area contributed by atoms with Crippen molar-refractivity contribution in [1.82, 2.24) is 0 Å². The van der Waals surface area contributed by atoms with Gasteiger partial charge in [-0.05, 0) is 29.8 Å². The molecule has 0 bridgehead atoms. The van der Waals surface area contributed by atoms with Crippen LogP contribution in [-0.2, 0) is 37.6 Å². The third-order valence-corrected chi connectivity index (χ3v) is 6.15. The predicted octanol–water partition coefficient (Wildman–Crippen LogP) is 2.30. The average Bonchev–Trinajstić information content (AvgIpc) is 2.66. The number of nitrogens with zero attached hydrogens (tertiary/aromatic N) is 1. The molecule has 0 saturated heterocycles. The van der Waals surface area contributed by atoms with Crippen molar-refractivity contribution >= 4 is 55.1 Å². The fourth-order valence-electron chi connectivity index (χ4n) is 2.68. The molecule has 2 aromatic rings. The van der Waals surface area contributed by atoms with E-state index in [0.717, 1.165) is 30.3 Å². The zero-order valence-electron chi connectivity index (χ0n) is 16.8. The van der Waals surface area contributed by atoms with Gasteiger partial charge in [-0.3, -0.25) is 19.3 Å². The molecular weight excluding hydrogens is 528 g/mol. The molecule has 2 aromatic carbocycles. The topological polar surface area (TPSA) is 180 Å².